The van der Waals surface area contributed by atoms with Crippen LogP contribution in [0.25, 0.3) is 6.08 Å². The summed E-state index contributed by atoms with van der Waals surface area (Å²) in [6.07, 6.45) is 1.29. The van der Waals surface area contributed by atoms with Crippen LogP contribution in [0.3, 0.4) is 0 Å². The van der Waals surface area contributed by atoms with E-state index in [-0.39, 0.29) is 17.1 Å². The lowest BCUT2D eigenvalue weighted by molar-refractivity contribution is -0.150. The lowest BCUT2D eigenvalue weighted by atomic mass is 10.1. The number of para-hydroxylation sites is 1. The molecule has 0 radical (unpaired) electrons. The minimum Gasteiger partial charge on any atom is -0.493 e. The zero-order chi connectivity index (χ0) is 18.1. The Hall–Kier alpha value is -2.64. The zero-order valence-electron chi connectivity index (χ0n) is 13.5. The highest BCUT2D eigenvalue weighted by molar-refractivity contribution is 5.90. The molecule has 0 aliphatic carbocycles. The van der Waals surface area contributed by atoms with Crippen molar-refractivity contribution in [3.8, 4) is 11.5 Å². The van der Waals surface area contributed by atoms with E-state index in [1.807, 2.05) is 0 Å². The number of alkyl halides is 2. The van der Waals surface area contributed by atoms with Crippen LogP contribution in [0.5, 0.6) is 11.5 Å². The summed E-state index contributed by atoms with van der Waals surface area (Å²) in [4.78, 5) is 23.2. The van der Waals surface area contributed by atoms with Crippen molar-refractivity contribution in [1.29, 1.82) is 0 Å². The minimum atomic E-state index is -3.04. The average Bonchev–Trinajstić information content (AvgIpc) is 2.53. The van der Waals surface area contributed by atoms with Gasteiger partial charge in [0.15, 0.2) is 17.6 Å². The first-order valence-electron chi connectivity index (χ1n) is 7.17. The molecule has 0 aliphatic rings. The molecular weight excluding hydrogens is 324 g/mol. The van der Waals surface area contributed by atoms with E-state index in [0.29, 0.717) is 6.54 Å². The van der Waals surface area contributed by atoms with Crippen molar-refractivity contribution in [2.24, 2.45) is 0 Å². The first kappa shape index (κ1) is 19.4. The Balaban J connectivity index is 2.86. The van der Waals surface area contributed by atoms with Gasteiger partial charge in [-0.05, 0) is 26.0 Å². The normalized spacial score (nSPS) is 12.1. The SMILES string of the molecule is CCNC(=O)[C@@H](C)OC(=O)/C=C/c1cccc(OC)c1OC(F)F. The number of ether oxygens (including phenoxy) is 3. The van der Waals surface area contributed by atoms with Gasteiger partial charge in [-0.25, -0.2) is 4.79 Å². The topological polar surface area (TPSA) is 73.9 Å². The first-order chi connectivity index (χ1) is 11.4. The monoisotopic (exact) mass is 343 g/mol. The molecule has 0 aliphatic heterocycles. The Labute approximate surface area is 138 Å². The van der Waals surface area contributed by atoms with Crippen molar-refractivity contribution in [1.82, 2.24) is 5.32 Å². The van der Waals surface area contributed by atoms with Gasteiger partial charge in [0.2, 0.25) is 0 Å². The van der Waals surface area contributed by atoms with E-state index in [4.69, 9.17) is 9.47 Å². The van der Waals surface area contributed by atoms with Gasteiger partial charge in [-0.3, -0.25) is 4.79 Å². The maximum Gasteiger partial charge on any atom is 0.387 e. The number of carbonyl (C=O) groups is 2. The molecule has 132 valence electrons. The average molecular weight is 343 g/mol. The Morgan fingerprint density at radius 3 is 2.62 bits per heavy atom. The van der Waals surface area contributed by atoms with Gasteiger partial charge in [0.05, 0.1) is 7.11 Å². The molecule has 0 saturated carbocycles. The van der Waals surface area contributed by atoms with Crippen molar-refractivity contribution in [3.05, 3.63) is 29.8 Å². The highest BCUT2D eigenvalue weighted by Gasteiger charge is 2.16. The highest BCUT2D eigenvalue weighted by Crippen LogP contribution is 2.33. The Morgan fingerprint density at radius 1 is 1.33 bits per heavy atom. The second kappa shape index (κ2) is 9.49. The van der Waals surface area contributed by atoms with E-state index in [2.05, 4.69) is 10.1 Å². The smallest absolute Gasteiger partial charge is 0.387 e. The molecule has 1 aromatic rings. The molecule has 0 heterocycles. The number of halogens is 2. The van der Waals surface area contributed by atoms with Crippen LogP contribution < -0.4 is 14.8 Å². The van der Waals surface area contributed by atoms with E-state index in [0.717, 1.165) is 6.08 Å². The molecule has 8 heteroatoms. The molecule has 1 atom stereocenters. The summed E-state index contributed by atoms with van der Waals surface area (Å²) < 4.78 is 39.3. The molecule has 0 unspecified atom stereocenters. The number of methoxy groups -OCH3 is 1. The zero-order valence-corrected chi connectivity index (χ0v) is 13.5. The molecule has 0 saturated heterocycles. The number of nitrogens with one attached hydrogen (secondary N) is 1. The number of likely N-dealkylation sites (N-methyl/N-ethyl adjacent to an activating group) is 1. The fourth-order valence-corrected chi connectivity index (χ4v) is 1.78. The van der Waals surface area contributed by atoms with Crippen molar-refractivity contribution < 1.29 is 32.6 Å². The van der Waals surface area contributed by atoms with Crippen molar-refractivity contribution in [2.45, 2.75) is 26.6 Å². The van der Waals surface area contributed by atoms with E-state index < -0.39 is 24.6 Å². The number of esters is 1. The predicted octanol–water partition coefficient (Wildman–Crippen LogP) is 2.38. The molecule has 1 rings (SSSR count). The maximum absolute atomic E-state index is 12.5. The van der Waals surface area contributed by atoms with Gasteiger partial charge < -0.3 is 19.5 Å². The van der Waals surface area contributed by atoms with Gasteiger partial charge >= 0.3 is 12.6 Å². The second-order valence-electron chi connectivity index (χ2n) is 4.56. The van der Waals surface area contributed by atoms with Gasteiger partial charge in [0.1, 0.15) is 0 Å². The first-order valence-corrected chi connectivity index (χ1v) is 7.17. The Kier molecular flexibility index (Phi) is 7.67. The largest absolute Gasteiger partial charge is 0.493 e. The van der Waals surface area contributed by atoms with E-state index >= 15 is 0 Å². The van der Waals surface area contributed by atoms with Crippen LogP contribution in [0.4, 0.5) is 8.78 Å². The fraction of sp³-hybridized carbons (Fsp3) is 0.375. The summed E-state index contributed by atoms with van der Waals surface area (Å²) in [5.41, 5.74) is 0.206. The predicted molar refractivity (Wildman–Crippen MR) is 82.9 cm³/mol. The molecule has 1 N–H and O–H groups in total. The molecule has 0 fully saturated rings. The van der Waals surface area contributed by atoms with Crippen molar-refractivity contribution >= 4 is 18.0 Å². The summed E-state index contributed by atoms with van der Waals surface area (Å²) in [5, 5.41) is 2.51. The summed E-state index contributed by atoms with van der Waals surface area (Å²) in [5.74, 6) is -1.32. The third-order valence-electron chi connectivity index (χ3n) is 2.85. The van der Waals surface area contributed by atoms with Crippen LogP contribution >= 0.6 is 0 Å². The van der Waals surface area contributed by atoms with Gasteiger partial charge in [-0.15, -0.1) is 0 Å². The van der Waals surface area contributed by atoms with Gasteiger partial charge in [-0.1, -0.05) is 12.1 Å². The van der Waals surface area contributed by atoms with Crippen LogP contribution in [-0.4, -0.2) is 38.2 Å². The molecule has 0 bridgehead atoms. The third-order valence-corrected chi connectivity index (χ3v) is 2.85. The second-order valence-corrected chi connectivity index (χ2v) is 4.56. The fourth-order valence-electron chi connectivity index (χ4n) is 1.78. The molecule has 0 spiro atoms. The summed E-state index contributed by atoms with van der Waals surface area (Å²) in [6, 6.07) is 4.47. The number of hydrogen-bond donors (Lipinski definition) is 1. The molecule has 0 aromatic heterocycles. The van der Waals surface area contributed by atoms with Crippen LogP contribution in [0.2, 0.25) is 0 Å². The van der Waals surface area contributed by atoms with Gasteiger partial charge in [0.25, 0.3) is 5.91 Å². The highest BCUT2D eigenvalue weighted by atomic mass is 19.3. The number of hydrogen-bond acceptors (Lipinski definition) is 5. The third kappa shape index (κ3) is 5.86. The maximum atomic E-state index is 12.5. The van der Waals surface area contributed by atoms with Crippen LogP contribution in [0.1, 0.15) is 19.4 Å². The van der Waals surface area contributed by atoms with Crippen LogP contribution in [0, 0.1) is 0 Å². The van der Waals surface area contributed by atoms with Crippen molar-refractivity contribution in [3.63, 3.8) is 0 Å². The van der Waals surface area contributed by atoms with Gasteiger partial charge in [-0.2, -0.15) is 8.78 Å². The molecule has 1 amide bonds. The van der Waals surface area contributed by atoms with E-state index in [1.165, 1.54) is 32.2 Å². The lowest BCUT2D eigenvalue weighted by Crippen LogP contribution is -2.35. The van der Waals surface area contributed by atoms with E-state index in [9.17, 15) is 18.4 Å². The molecule has 6 nitrogen and oxygen atoms in total. The van der Waals surface area contributed by atoms with Gasteiger partial charge in [0, 0.05) is 18.2 Å². The molecule has 24 heavy (non-hydrogen) atoms. The summed E-state index contributed by atoms with van der Waals surface area (Å²) in [7, 11) is 1.31. The number of rotatable bonds is 8. The van der Waals surface area contributed by atoms with Crippen molar-refractivity contribution in [2.75, 3.05) is 13.7 Å². The standard InChI is InChI=1S/C16H19F2NO5/c1-4-19-15(21)10(2)23-13(20)9-8-11-6-5-7-12(22-3)14(11)24-16(17)18/h5-10,16H,4H2,1-3H3,(H,19,21)/b9-8+/t10-/m1/s1. The number of carbonyl (C=O) groups excluding carboxylic acids is 2. The quantitative estimate of drug-likeness (QED) is 0.579. The Morgan fingerprint density at radius 2 is 2.04 bits per heavy atom. The number of amides is 1. The number of benzene rings is 1. The van der Waals surface area contributed by atoms with E-state index in [1.54, 1.807) is 13.0 Å². The lowest BCUT2D eigenvalue weighted by Gasteiger charge is -2.13. The minimum absolute atomic E-state index is 0.0986. The molecule has 1 aromatic carbocycles. The summed E-state index contributed by atoms with van der Waals surface area (Å²) in [6.45, 7) is 0.528. The van der Waals surface area contributed by atoms with Crippen LogP contribution in [0.15, 0.2) is 24.3 Å². The summed E-state index contributed by atoms with van der Waals surface area (Å²) >= 11 is 0. The molecular formula is C16H19F2NO5. The van der Waals surface area contributed by atoms with Crippen LogP contribution in [-0.2, 0) is 14.3 Å². The Bertz CT molecular complexity index is 604.